The maximum Gasteiger partial charge on any atom is -0.00203 e. The Kier molecular flexibility index (Phi) is 5.61. The quantitative estimate of drug-likeness (QED) is 0.189. The number of hydrogen-bond donors (Lipinski definition) is 0. The van der Waals surface area contributed by atoms with Crippen molar-refractivity contribution in [3.63, 3.8) is 0 Å². The first-order valence-electron chi connectivity index (χ1n) is 15.3. The van der Waals surface area contributed by atoms with Crippen molar-refractivity contribution in [2.75, 3.05) is 0 Å². The van der Waals surface area contributed by atoms with Crippen LogP contribution in [-0.2, 0) is 0 Å². The Morgan fingerprint density at radius 2 is 0.705 bits per heavy atom. The molecule has 0 unspecified atom stereocenters. The molecule has 0 saturated carbocycles. The minimum absolute atomic E-state index is 1.24. The number of rotatable bonds is 4. The van der Waals surface area contributed by atoms with Gasteiger partial charge in [0.1, 0.15) is 0 Å². The molecular weight excluding hydrogens is 528 g/mol. The van der Waals surface area contributed by atoms with E-state index in [1.54, 1.807) is 0 Å². The molecule has 9 aromatic rings. The highest BCUT2D eigenvalue weighted by Crippen LogP contribution is 2.43. The van der Waals surface area contributed by atoms with Gasteiger partial charge in [-0.2, -0.15) is 0 Å². The molecule has 9 rings (SSSR count). The van der Waals surface area contributed by atoms with Crippen molar-refractivity contribution < 1.29 is 0 Å². The Labute approximate surface area is 256 Å². The molecule has 0 bridgehead atoms. The summed E-state index contributed by atoms with van der Waals surface area (Å²) in [7, 11) is 0. The molecule has 0 saturated heterocycles. The molecule has 0 aliphatic rings. The highest BCUT2D eigenvalue weighted by atomic mass is 14.2. The van der Waals surface area contributed by atoms with Crippen LogP contribution in [0.4, 0.5) is 0 Å². The summed E-state index contributed by atoms with van der Waals surface area (Å²) in [5.41, 5.74) is 9.99. The highest BCUT2D eigenvalue weighted by Gasteiger charge is 2.15. The molecule has 0 amide bonds. The Morgan fingerprint density at radius 1 is 0.227 bits per heavy atom. The van der Waals surface area contributed by atoms with Crippen molar-refractivity contribution in [2.45, 2.75) is 0 Å². The lowest BCUT2D eigenvalue weighted by Crippen LogP contribution is -1.90. The van der Waals surface area contributed by atoms with Crippen LogP contribution in [0.25, 0.3) is 87.6 Å². The number of hydrogen-bond acceptors (Lipinski definition) is 0. The van der Waals surface area contributed by atoms with Crippen molar-refractivity contribution in [3.8, 4) is 44.5 Å². The van der Waals surface area contributed by atoms with Gasteiger partial charge >= 0.3 is 0 Å². The minimum atomic E-state index is 1.24. The van der Waals surface area contributed by atoms with Gasteiger partial charge in [0.2, 0.25) is 0 Å². The second-order valence-electron chi connectivity index (χ2n) is 11.7. The van der Waals surface area contributed by atoms with E-state index in [9.17, 15) is 0 Å². The lowest BCUT2D eigenvalue weighted by molar-refractivity contribution is 1.61. The summed E-state index contributed by atoms with van der Waals surface area (Å²) < 4.78 is 0. The lowest BCUT2D eigenvalue weighted by Gasteiger charge is -2.17. The topological polar surface area (TPSA) is 0 Å². The zero-order valence-corrected chi connectivity index (χ0v) is 24.2. The van der Waals surface area contributed by atoms with Crippen LogP contribution in [0.15, 0.2) is 170 Å². The molecule has 0 N–H and O–H groups in total. The zero-order chi connectivity index (χ0) is 29.0. The first kappa shape index (κ1) is 24.8. The standard InChI is InChI=1S/C44H28/c1-2-7-29(8-3-1)36-11-6-12-38(28-36)40-24-20-34-21-25-41-39(23-19-33-22-26-42(40)44(34)43(33)41)32-16-13-31(14-17-32)37-18-15-30-9-4-5-10-35(30)27-37/h1-28H. The Balaban J connectivity index is 1.17. The van der Waals surface area contributed by atoms with Crippen molar-refractivity contribution in [1.82, 2.24) is 0 Å². The fourth-order valence-corrected chi connectivity index (χ4v) is 7.01. The maximum atomic E-state index is 2.32. The second kappa shape index (κ2) is 9.93. The molecule has 0 aliphatic heterocycles. The molecule has 0 heterocycles. The lowest BCUT2D eigenvalue weighted by atomic mass is 9.86. The summed E-state index contributed by atoms with van der Waals surface area (Å²) in [4.78, 5) is 0. The average Bonchev–Trinajstić information content (AvgIpc) is 3.11. The van der Waals surface area contributed by atoms with Gasteiger partial charge in [0.15, 0.2) is 0 Å². The first-order chi connectivity index (χ1) is 21.8. The SMILES string of the molecule is c1ccc(-c2cccc(-c3ccc4ccc5c(-c6ccc(-c7ccc8ccccc8c7)cc6)ccc6ccc3c4c65)c2)cc1. The molecule has 0 atom stereocenters. The second-order valence-corrected chi connectivity index (χ2v) is 11.7. The van der Waals surface area contributed by atoms with Crippen molar-refractivity contribution in [3.05, 3.63) is 170 Å². The van der Waals surface area contributed by atoms with Crippen LogP contribution >= 0.6 is 0 Å². The van der Waals surface area contributed by atoms with Gasteiger partial charge < -0.3 is 0 Å². The van der Waals surface area contributed by atoms with Crippen LogP contribution in [-0.4, -0.2) is 0 Å². The van der Waals surface area contributed by atoms with E-state index in [4.69, 9.17) is 0 Å². The van der Waals surface area contributed by atoms with Gasteiger partial charge in [0.25, 0.3) is 0 Å². The van der Waals surface area contributed by atoms with Crippen LogP contribution in [0.1, 0.15) is 0 Å². The van der Waals surface area contributed by atoms with E-state index in [1.165, 1.54) is 87.6 Å². The van der Waals surface area contributed by atoms with Crippen LogP contribution in [0.2, 0.25) is 0 Å². The monoisotopic (exact) mass is 556 g/mol. The van der Waals surface area contributed by atoms with Crippen molar-refractivity contribution in [1.29, 1.82) is 0 Å². The molecule has 204 valence electrons. The van der Waals surface area contributed by atoms with E-state index >= 15 is 0 Å². The molecular formula is C44H28. The first-order valence-corrected chi connectivity index (χ1v) is 15.3. The van der Waals surface area contributed by atoms with Gasteiger partial charge in [0.05, 0.1) is 0 Å². The summed E-state index contributed by atoms with van der Waals surface area (Å²) in [6, 6.07) is 62.3. The predicted octanol–water partition coefficient (Wildman–Crippen LogP) is 12.4. The average molecular weight is 557 g/mol. The van der Waals surface area contributed by atoms with Crippen LogP contribution in [0.5, 0.6) is 0 Å². The smallest absolute Gasteiger partial charge is 0.00203 e. The molecule has 0 nitrogen and oxygen atoms in total. The highest BCUT2D eigenvalue weighted by molar-refractivity contribution is 6.27. The summed E-state index contributed by atoms with van der Waals surface area (Å²) in [5.74, 6) is 0. The third kappa shape index (κ3) is 4.00. The fourth-order valence-electron chi connectivity index (χ4n) is 7.01. The summed E-state index contributed by atoms with van der Waals surface area (Å²) in [6.07, 6.45) is 0. The van der Waals surface area contributed by atoms with Crippen LogP contribution in [0.3, 0.4) is 0 Å². The van der Waals surface area contributed by atoms with Gasteiger partial charge in [-0.3, -0.25) is 0 Å². The number of benzene rings is 9. The minimum Gasteiger partial charge on any atom is -0.0622 e. The van der Waals surface area contributed by atoms with E-state index in [0.29, 0.717) is 0 Å². The largest absolute Gasteiger partial charge is 0.0622 e. The third-order valence-corrected chi connectivity index (χ3v) is 9.22. The maximum absolute atomic E-state index is 2.32. The van der Waals surface area contributed by atoms with E-state index < -0.39 is 0 Å². The number of fused-ring (bicyclic) bond motifs is 1. The molecule has 0 heteroatoms. The molecule has 0 aliphatic carbocycles. The Hall–Kier alpha value is -5.72. The van der Waals surface area contributed by atoms with Crippen LogP contribution < -0.4 is 0 Å². The van der Waals surface area contributed by atoms with Gasteiger partial charge in [0, 0.05) is 0 Å². The zero-order valence-electron chi connectivity index (χ0n) is 24.2. The van der Waals surface area contributed by atoms with Gasteiger partial charge in [-0.15, -0.1) is 0 Å². The van der Waals surface area contributed by atoms with E-state index in [2.05, 4.69) is 170 Å². The third-order valence-electron chi connectivity index (χ3n) is 9.22. The Bertz CT molecular complexity index is 2470. The van der Waals surface area contributed by atoms with Gasteiger partial charge in [-0.05, 0) is 99.7 Å². The Morgan fingerprint density at radius 3 is 1.43 bits per heavy atom. The molecule has 0 spiro atoms. The predicted molar refractivity (Wildman–Crippen MR) is 189 cm³/mol. The summed E-state index contributed by atoms with van der Waals surface area (Å²) >= 11 is 0. The molecule has 0 radical (unpaired) electrons. The fraction of sp³-hybridized carbons (Fsp3) is 0. The molecule has 0 fully saturated rings. The van der Waals surface area contributed by atoms with E-state index in [-0.39, 0.29) is 0 Å². The van der Waals surface area contributed by atoms with E-state index in [1.807, 2.05) is 0 Å². The summed E-state index contributed by atoms with van der Waals surface area (Å²) in [5, 5.41) is 10.4. The van der Waals surface area contributed by atoms with Crippen molar-refractivity contribution >= 4 is 43.1 Å². The molecule has 9 aromatic carbocycles. The normalized spacial score (nSPS) is 11.6. The van der Waals surface area contributed by atoms with Crippen molar-refractivity contribution in [2.24, 2.45) is 0 Å². The van der Waals surface area contributed by atoms with Crippen LogP contribution in [0, 0.1) is 0 Å². The van der Waals surface area contributed by atoms with E-state index in [0.717, 1.165) is 0 Å². The molecule has 0 aromatic heterocycles. The molecule has 44 heavy (non-hydrogen) atoms. The van der Waals surface area contributed by atoms with Gasteiger partial charge in [-0.1, -0.05) is 158 Å². The van der Waals surface area contributed by atoms with Gasteiger partial charge in [-0.25, -0.2) is 0 Å². The summed E-state index contributed by atoms with van der Waals surface area (Å²) in [6.45, 7) is 0.